The molecule has 4 heterocycles. The summed E-state index contributed by atoms with van der Waals surface area (Å²) in [4.78, 5) is 29.8. The van der Waals surface area contributed by atoms with Crippen molar-refractivity contribution in [2.24, 2.45) is 5.92 Å². The molecule has 5 atom stereocenters. The first-order chi connectivity index (χ1) is 21.0. The smallest absolute Gasteiger partial charge is 0.308 e. The van der Waals surface area contributed by atoms with Gasteiger partial charge in [0.25, 0.3) is 0 Å². The van der Waals surface area contributed by atoms with Crippen LogP contribution in [-0.2, 0) is 22.4 Å². The SMILES string of the molecule is COc1c(C)cc2c(c1O)[C@@H]1C3Cc4c(OC(C)=O)c(C)c5c(c4[C@H](CNC(=O)CC(C)C)N3[C@@H](C#N)[C@@H](C2)N1C)OCO5. The second kappa shape index (κ2) is 11.2. The zero-order chi connectivity index (χ0) is 31.6. The lowest BCUT2D eigenvalue weighted by Gasteiger charge is -2.60. The number of hydrogen-bond acceptors (Lipinski definition) is 10. The lowest BCUT2D eigenvalue weighted by atomic mass is 9.71. The molecule has 2 bridgehead atoms. The van der Waals surface area contributed by atoms with Crippen LogP contribution < -0.4 is 24.3 Å². The summed E-state index contributed by atoms with van der Waals surface area (Å²) in [5.41, 5.74) is 4.79. The van der Waals surface area contributed by atoms with E-state index in [-0.39, 0.29) is 49.0 Å². The Hall–Kier alpha value is -4.01. The first-order valence-electron chi connectivity index (χ1n) is 15.2. The minimum atomic E-state index is -0.546. The van der Waals surface area contributed by atoms with E-state index in [1.54, 1.807) is 7.11 Å². The number of benzene rings is 2. The Morgan fingerprint density at radius 1 is 1.16 bits per heavy atom. The van der Waals surface area contributed by atoms with Gasteiger partial charge in [-0.1, -0.05) is 19.9 Å². The molecule has 2 N–H and O–H groups in total. The number of methoxy groups -OCH3 is 1. The van der Waals surface area contributed by atoms with Crippen LogP contribution in [0.15, 0.2) is 6.07 Å². The Morgan fingerprint density at radius 2 is 1.89 bits per heavy atom. The van der Waals surface area contributed by atoms with Crippen molar-refractivity contribution in [3.05, 3.63) is 39.4 Å². The number of nitrogens with one attached hydrogen (secondary N) is 1. The van der Waals surface area contributed by atoms with E-state index in [4.69, 9.17) is 18.9 Å². The van der Waals surface area contributed by atoms with Gasteiger partial charge in [0.2, 0.25) is 12.7 Å². The number of amides is 1. The number of likely N-dealkylation sites (N-methyl/N-ethyl adjacent to an activating group) is 1. The predicted octanol–water partition coefficient (Wildman–Crippen LogP) is 3.61. The highest BCUT2D eigenvalue weighted by molar-refractivity contribution is 5.77. The van der Waals surface area contributed by atoms with Crippen LogP contribution in [0.25, 0.3) is 0 Å². The quantitative estimate of drug-likeness (QED) is 0.372. The van der Waals surface area contributed by atoms with Crippen LogP contribution in [0, 0.1) is 31.1 Å². The van der Waals surface area contributed by atoms with E-state index in [9.17, 15) is 20.0 Å². The molecule has 1 fully saturated rings. The molecule has 1 unspecified atom stereocenters. The second-order valence-electron chi connectivity index (χ2n) is 12.7. The predicted molar refractivity (Wildman–Crippen MR) is 160 cm³/mol. The van der Waals surface area contributed by atoms with Gasteiger partial charge in [-0.25, -0.2) is 0 Å². The Kier molecular flexibility index (Phi) is 7.62. The van der Waals surface area contributed by atoms with Crippen molar-refractivity contribution < 1.29 is 33.6 Å². The number of esters is 1. The largest absolute Gasteiger partial charge is 0.504 e. The van der Waals surface area contributed by atoms with Gasteiger partial charge in [0.15, 0.2) is 23.0 Å². The molecule has 0 aromatic heterocycles. The molecular formula is C33H40N4O7. The highest BCUT2D eigenvalue weighted by Gasteiger charge is 2.56. The van der Waals surface area contributed by atoms with E-state index in [0.29, 0.717) is 47.8 Å². The van der Waals surface area contributed by atoms with Crippen LogP contribution in [-0.4, -0.2) is 72.4 Å². The van der Waals surface area contributed by atoms with Gasteiger partial charge < -0.3 is 29.4 Å². The van der Waals surface area contributed by atoms with Gasteiger partial charge in [-0.05, 0) is 50.8 Å². The van der Waals surface area contributed by atoms with Crippen LogP contribution in [0.2, 0.25) is 0 Å². The normalized spacial score (nSPS) is 25.0. The standard InChI is InChI=1S/C33H40N4O7/c1-15(2)8-25(39)35-13-24-27-20(31(44-18(5)38)17(4)32-33(27)43-14-42-32)11-22-28-26-19(9-16(3)30(41-7)29(26)40)10-21(36(28)6)23(12-34)37(22)24/h9,15,21-24,28,40H,8,10-11,13-14H2,1-7H3,(H,35,39)/t21-,22?,23+,24+,28+/m1/s1. The molecule has 234 valence electrons. The number of hydrogen-bond donors (Lipinski definition) is 2. The highest BCUT2D eigenvalue weighted by atomic mass is 16.7. The molecule has 4 aliphatic heterocycles. The molecule has 0 radical (unpaired) electrons. The van der Waals surface area contributed by atoms with Crippen molar-refractivity contribution in [3.63, 3.8) is 0 Å². The Morgan fingerprint density at radius 3 is 2.55 bits per heavy atom. The van der Waals surface area contributed by atoms with Gasteiger partial charge >= 0.3 is 5.97 Å². The van der Waals surface area contributed by atoms with Gasteiger partial charge in [0.05, 0.1) is 25.3 Å². The van der Waals surface area contributed by atoms with Crippen LogP contribution in [0.3, 0.4) is 0 Å². The number of fused-ring (bicyclic) bond motifs is 9. The van der Waals surface area contributed by atoms with Crippen molar-refractivity contribution in [2.45, 2.75) is 84.1 Å². The van der Waals surface area contributed by atoms with E-state index < -0.39 is 18.1 Å². The molecule has 11 heteroatoms. The minimum Gasteiger partial charge on any atom is -0.504 e. The van der Waals surface area contributed by atoms with E-state index in [2.05, 4.69) is 27.3 Å². The third-order valence-electron chi connectivity index (χ3n) is 9.60. The molecule has 44 heavy (non-hydrogen) atoms. The molecule has 6 rings (SSSR count). The monoisotopic (exact) mass is 604 g/mol. The fourth-order valence-electron chi connectivity index (χ4n) is 7.96. The summed E-state index contributed by atoms with van der Waals surface area (Å²) < 4.78 is 23.5. The Bertz CT molecular complexity index is 1580. The van der Waals surface area contributed by atoms with Gasteiger partial charge in [-0.3, -0.25) is 19.4 Å². The van der Waals surface area contributed by atoms with Gasteiger partial charge in [0, 0.05) is 54.2 Å². The summed E-state index contributed by atoms with van der Waals surface area (Å²) in [6.07, 6.45) is 1.33. The number of nitriles is 1. The first kappa shape index (κ1) is 30.0. The molecule has 2 aromatic rings. The molecule has 1 amide bonds. The number of aromatic hydroxyl groups is 1. The van der Waals surface area contributed by atoms with E-state index in [1.165, 1.54) is 6.92 Å². The van der Waals surface area contributed by atoms with Crippen molar-refractivity contribution in [2.75, 3.05) is 27.5 Å². The highest BCUT2D eigenvalue weighted by Crippen LogP contribution is 2.58. The van der Waals surface area contributed by atoms with Gasteiger partial charge in [0.1, 0.15) is 11.8 Å². The van der Waals surface area contributed by atoms with Crippen LogP contribution in [0.1, 0.15) is 72.7 Å². The molecule has 0 saturated carbocycles. The van der Waals surface area contributed by atoms with E-state index in [0.717, 1.165) is 27.8 Å². The lowest BCUT2D eigenvalue weighted by Crippen LogP contribution is -2.68. The maximum atomic E-state index is 13.0. The van der Waals surface area contributed by atoms with Crippen molar-refractivity contribution >= 4 is 11.9 Å². The molecule has 0 aliphatic carbocycles. The maximum absolute atomic E-state index is 13.0. The Balaban J connectivity index is 1.59. The number of rotatable bonds is 6. The van der Waals surface area contributed by atoms with Crippen molar-refractivity contribution in [1.82, 2.24) is 15.1 Å². The summed E-state index contributed by atoms with van der Waals surface area (Å²) in [6, 6.07) is 2.79. The number of piperazine rings is 1. The lowest BCUT2D eigenvalue weighted by molar-refractivity contribution is -0.132. The zero-order valence-electron chi connectivity index (χ0n) is 26.3. The van der Waals surface area contributed by atoms with Crippen LogP contribution in [0.4, 0.5) is 0 Å². The maximum Gasteiger partial charge on any atom is 0.308 e. The van der Waals surface area contributed by atoms with E-state index in [1.807, 2.05) is 34.7 Å². The summed E-state index contributed by atoms with van der Waals surface area (Å²) in [5, 5.41) is 25.5. The molecular weight excluding hydrogens is 564 g/mol. The minimum absolute atomic E-state index is 0.0120. The zero-order valence-corrected chi connectivity index (χ0v) is 26.3. The number of carbonyl (C=O) groups excluding carboxylic acids is 2. The number of phenols is 1. The van der Waals surface area contributed by atoms with Crippen molar-refractivity contribution in [3.8, 4) is 34.8 Å². The number of nitrogens with zero attached hydrogens (tertiary/aromatic N) is 3. The van der Waals surface area contributed by atoms with Gasteiger partial charge in [-0.2, -0.15) is 5.26 Å². The number of carbonyl (C=O) groups is 2. The topological polar surface area (TPSA) is 134 Å². The summed E-state index contributed by atoms with van der Waals surface area (Å²) in [5.74, 6) is 1.62. The number of aryl methyl sites for hydroxylation is 1. The van der Waals surface area contributed by atoms with Crippen LogP contribution >= 0.6 is 0 Å². The average Bonchev–Trinajstić information content (AvgIpc) is 3.44. The summed E-state index contributed by atoms with van der Waals surface area (Å²) in [6.45, 7) is 9.32. The number of ether oxygens (including phenoxy) is 4. The van der Waals surface area contributed by atoms with Gasteiger partial charge in [-0.15, -0.1) is 0 Å². The molecule has 2 aromatic carbocycles. The molecule has 11 nitrogen and oxygen atoms in total. The second-order valence-corrected chi connectivity index (χ2v) is 12.7. The Labute approximate surface area is 257 Å². The third-order valence-corrected chi connectivity index (χ3v) is 9.60. The molecule has 4 aliphatic rings. The fraction of sp³-hybridized carbons (Fsp3) is 0.545. The summed E-state index contributed by atoms with van der Waals surface area (Å²) >= 11 is 0. The third kappa shape index (κ3) is 4.54. The first-order valence-corrected chi connectivity index (χ1v) is 15.2. The average molecular weight is 605 g/mol. The van der Waals surface area contributed by atoms with Crippen LogP contribution in [0.5, 0.6) is 28.7 Å². The number of phenolic OH excluding ortho intramolecular Hbond substituents is 1. The fourth-order valence-corrected chi connectivity index (χ4v) is 7.96. The van der Waals surface area contributed by atoms with Crippen molar-refractivity contribution in [1.29, 1.82) is 5.26 Å². The van der Waals surface area contributed by atoms with E-state index >= 15 is 0 Å². The summed E-state index contributed by atoms with van der Waals surface area (Å²) in [7, 11) is 3.55. The molecule has 0 spiro atoms. The molecule has 1 saturated heterocycles.